The SMILES string of the molecule is CCCS(=O)(=O)Cc1cccc(Oc2ccc3c(c2)C2=NCCN2C=N3)c1Cl. The van der Waals surface area contributed by atoms with Gasteiger partial charge in [-0.3, -0.25) is 4.99 Å². The lowest BCUT2D eigenvalue weighted by atomic mass is 10.1. The Hall–Kier alpha value is -2.38. The van der Waals surface area contributed by atoms with Gasteiger partial charge >= 0.3 is 0 Å². The predicted molar refractivity (Wildman–Crippen MR) is 112 cm³/mol. The molecule has 0 N–H and O–H groups in total. The van der Waals surface area contributed by atoms with Crippen molar-refractivity contribution in [2.45, 2.75) is 19.1 Å². The van der Waals surface area contributed by atoms with Gasteiger partial charge in [0.15, 0.2) is 9.84 Å². The van der Waals surface area contributed by atoms with Crippen molar-refractivity contribution in [1.29, 1.82) is 0 Å². The first-order valence-corrected chi connectivity index (χ1v) is 11.3. The van der Waals surface area contributed by atoms with Crippen LogP contribution in [0.5, 0.6) is 11.5 Å². The van der Waals surface area contributed by atoms with Crippen molar-refractivity contribution in [3.05, 3.63) is 52.5 Å². The Morgan fingerprint density at radius 2 is 2.11 bits per heavy atom. The molecule has 0 fully saturated rings. The third-order valence-corrected chi connectivity index (χ3v) is 6.79. The second kappa shape index (κ2) is 7.56. The Balaban J connectivity index is 1.61. The van der Waals surface area contributed by atoms with Gasteiger partial charge < -0.3 is 9.64 Å². The zero-order valence-corrected chi connectivity index (χ0v) is 17.0. The summed E-state index contributed by atoms with van der Waals surface area (Å²) in [5.41, 5.74) is 2.30. The van der Waals surface area contributed by atoms with Crippen LogP contribution < -0.4 is 4.74 Å². The molecule has 0 spiro atoms. The van der Waals surface area contributed by atoms with E-state index in [0.717, 1.165) is 30.2 Å². The highest BCUT2D eigenvalue weighted by Gasteiger charge is 2.24. The van der Waals surface area contributed by atoms with E-state index in [1.54, 1.807) is 24.5 Å². The quantitative estimate of drug-likeness (QED) is 0.706. The maximum Gasteiger partial charge on any atom is 0.154 e. The molecule has 146 valence electrons. The lowest BCUT2D eigenvalue weighted by Gasteiger charge is -2.21. The number of aliphatic imine (C=N–C) groups is 2. The van der Waals surface area contributed by atoms with Gasteiger partial charge in [0.25, 0.3) is 0 Å². The van der Waals surface area contributed by atoms with Crippen molar-refractivity contribution in [2.24, 2.45) is 9.98 Å². The number of hydrogen-bond donors (Lipinski definition) is 0. The molecule has 2 aromatic rings. The molecule has 2 aliphatic heterocycles. The number of nitrogens with zero attached hydrogens (tertiary/aromatic N) is 3. The summed E-state index contributed by atoms with van der Waals surface area (Å²) in [5, 5.41) is 0.317. The molecule has 2 aliphatic rings. The van der Waals surface area contributed by atoms with E-state index in [1.165, 1.54) is 0 Å². The van der Waals surface area contributed by atoms with Crippen LogP contribution in [0.3, 0.4) is 0 Å². The van der Waals surface area contributed by atoms with Gasteiger partial charge in [-0.2, -0.15) is 0 Å². The second-order valence-electron chi connectivity index (χ2n) is 6.75. The van der Waals surface area contributed by atoms with E-state index in [9.17, 15) is 8.42 Å². The lowest BCUT2D eigenvalue weighted by molar-refractivity contribution is 0.482. The Labute approximate surface area is 169 Å². The highest BCUT2D eigenvalue weighted by Crippen LogP contribution is 2.36. The first-order chi connectivity index (χ1) is 13.5. The Kier molecular flexibility index (Phi) is 5.12. The van der Waals surface area contributed by atoms with Gasteiger partial charge in [-0.1, -0.05) is 30.7 Å². The minimum Gasteiger partial charge on any atom is -0.456 e. The lowest BCUT2D eigenvalue weighted by Crippen LogP contribution is -2.29. The van der Waals surface area contributed by atoms with Gasteiger partial charge in [-0.25, -0.2) is 13.4 Å². The molecule has 4 rings (SSSR count). The van der Waals surface area contributed by atoms with E-state index in [-0.39, 0.29) is 11.5 Å². The van der Waals surface area contributed by atoms with Crippen LogP contribution in [0.25, 0.3) is 0 Å². The fourth-order valence-corrected chi connectivity index (χ4v) is 5.10. The summed E-state index contributed by atoms with van der Waals surface area (Å²) in [4.78, 5) is 11.0. The van der Waals surface area contributed by atoms with Crippen LogP contribution in [0, 0.1) is 0 Å². The smallest absolute Gasteiger partial charge is 0.154 e. The first kappa shape index (κ1) is 19.0. The maximum absolute atomic E-state index is 12.2. The van der Waals surface area contributed by atoms with Crippen LogP contribution >= 0.6 is 11.6 Å². The Morgan fingerprint density at radius 1 is 1.25 bits per heavy atom. The minimum atomic E-state index is -3.20. The molecule has 8 heteroatoms. The molecule has 2 heterocycles. The average molecular weight is 418 g/mol. The number of amidine groups is 1. The fourth-order valence-electron chi connectivity index (χ4n) is 3.31. The summed E-state index contributed by atoms with van der Waals surface area (Å²) < 4.78 is 30.3. The van der Waals surface area contributed by atoms with E-state index in [0.29, 0.717) is 28.5 Å². The Bertz CT molecular complexity index is 1080. The largest absolute Gasteiger partial charge is 0.456 e. The normalized spacial score (nSPS) is 15.2. The molecule has 6 nitrogen and oxygen atoms in total. The van der Waals surface area contributed by atoms with Gasteiger partial charge in [-0.15, -0.1) is 0 Å². The number of rotatable bonds is 6. The van der Waals surface area contributed by atoms with E-state index < -0.39 is 9.84 Å². The summed E-state index contributed by atoms with van der Waals surface area (Å²) in [7, 11) is -3.20. The van der Waals surface area contributed by atoms with Crippen molar-refractivity contribution in [3.8, 4) is 11.5 Å². The molecular weight excluding hydrogens is 398 g/mol. The number of halogens is 1. The van der Waals surface area contributed by atoms with Crippen LogP contribution in [0.15, 0.2) is 46.4 Å². The van der Waals surface area contributed by atoms with Crippen molar-refractivity contribution in [2.75, 3.05) is 18.8 Å². The first-order valence-electron chi connectivity index (χ1n) is 9.12. The summed E-state index contributed by atoms with van der Waals surface area (Å²) in [6.07, 6.45) is 2.38. The number of ether oxygens (including phenoxy) is 1. The number of hydrogen-bond acceptors (Lipinski definition) is 6. The topological polar surface area (TPSA) is 71.3 Å². The highest BCUT2D eigenvalue weighted by atomic mass is 35.5. The summed E-state index contributed by atoms with van der Waals surface area (Å²) >= 11 is 6.45. The van der Waals surface area contributed by atoms with E-state index >= 15 is 0 Å². The van der Waals surface area contributed by atoms with Crippen molar-refractivity contribution < 1.29 is 13.2 Å². The van der Waals surface area contributed by atoms with Crippen LogP contribution in [0.2, 0.25) is 5.02 Å². The molecule has 28 heavy (non-hydrogen) atoms. The van der Waals surface area contributed by atoms with Gasteiger partial charge in [0.2, 0.25) is 0 Å². The zero-order valence-electron chi connectivity index (χ0n) is 15.4. The van der Waals surface area contributed by atoms with Crippen LogP contribution in [-0.2, 0) is 15.6 Å². The van der Waals surface area contributed by atoms with Crippen molar-refractivity contribution >= 4 is 39.3 Å². The fraction of sp³-hybridized carbons (Fsp3) is 0.300. The van der Waals surface area contributed by atoms with Crippen LogP contribution in [-0.4, -0.2) is 44.3 Å². The molecule has 0 saturated heterocycles. The zero-order chi connectivity index (χ0) is 19.7. The number of benzene rings is 2. The standard InChI is InChI=1S/C20H20ClN3O3S/c1-2-10-28(25,26)12-14-4-3-5-18(19(14)21)27-15-6-7-17-16(11-15)20-22-8-9-24(20)13-23-17/h3-7,11,13H,2,8-10,12H2,1H3. The third-order valence-electron chi connectivity index (χ3n) is 4.58. The molecule has 0 atom stereocenters. The minimum absolute atomic E-state index is 0.0957. The molecule has 0 saturated carbocycles. The molecule has 0 bridgehead atoms. The summed E-state index contributed by atoms with van der Waals surface area (Å²) in [6.45, 7) is 3.41. The van der Waals surface area contributed by atoms with Crippen LogP contribution in [0.4, 0.5) is 5.69 Å². The number of fused-ring (bicyclic) bond motifs is 3. The summed E-state index contributed by atoms with van der Waals surface area (Å²) in [6, 6.07) is 10.8. The Morgan fingerprint density at radius 3 is 2.93 bits per heavy atom. The molecule has 2 aromatic carbocycles. The molecular formula is C20H20ClN3O3S. The van der Waals surface area contributed by atoms with Gasteiger partial charge in [0.05, 0.1) is 35.1 Å². The van der Waals surface area contributed by atoms with Gasteiger partial charge in [0.1, 0.15) is 17.3 Å². The monoisotopic (exact) mass is 417 g/mol. The molecule has 0 amide bonds. The molecule has 0 unspecified atom stereocenters. The van der Waals surface area contributed by atoms with Gasteiger partial charge in [0, 0.05) is 12.1 Å². The van der Waals surface area contributed by atoms with Gasteiger partial charge in [-0.05, 0) is 36.2 Å². The number of sulfone groups is 1. The average Bonchev–Trinajstić information content (AvgIpc) is 3.14. The van der Waals surface area contributed by atoms with Crippen molar-refractivity contribution in [3.63, 3.8) is 0 Å². The van der Waals surface area contributed by atoms with Crippen LogP contribution in [0.1, 0.15) is 24.5 Å². The third kappa shape index (κ3) is 3.77. The van der Waals surface area contributed by atoms with E-state index in [1.807, 2.05) is 30.0 Å². The second-order valence-corrected chi connectivity index (χ2v) is 9.31. The molecule has 0 radical (unpaired) electrons. The predicted octanol–water partition coefficient (Wildman–Crippen LogP) is 4.19. The van der Waals surface area contributed by atoms with E-state index in [4.69, 9.17) is 16.3 Å². The van der Waals surface area contributed by atoms with E-state index in [2.05, 4.69) is 9.98 Å². The summed E-state index contributed by atoms with van der Waals surface area (Å²) in [5.74, 6) is 1.96. The molecule has 0 aromatic heterocycles. The molecule has 0 aliphatic carbocycles. The highest BCUT2D eigenvalue weighted by molar-refractivity contribution is 7.90. The maximum atomic E-state index is 12.2. The van der Waals surface area contributed by atoms with Crippen molar-refractivity contribution in [1.82, 2.24) is 4.90 Å².